The Morgan fingerprint density at radius 2 is 1.89 bits per heavy atom. The van der Waals surface area contributed by atoms with E-state index in [1.165, 1.54) is 0 Å². The summed E-state index contributed by atoms with van der Waals surface area (Å²) in [7, 11) is 0. The molecule has 1 rings (SSSR count). The van der Waals surface area contributed by atoms with Crippen molar-refractivity contribution >= 4 is 17.3 Å². The first kappa shape index (κ1) is 18.2. The fourth-order valence-electron chi connectivity index (χ4n) is 1.56. The lowest BCUT2D eigenvalue weighted by Gasteiger charge is -2.18. The van der Waals surface area contributed by atoms with E-state index in [1.54, 1.807) is 18.2 Å². The lowest BCUT2D eigenvalue weighted by Crippen LogP contribution is -2.73. The van der Waals surface area contributed by atoms with Crippen LogP contribution in [-0.4, -0.2) is 36.3 Å². The predicted molar refractivity (Wildman–Crippen MR) is 79.5 cm³/mol. The zero-order chi connectivity index (χ0) is 14.7. The monoisotopic (exact) mass is 289 g/mol. The zero-order valence-electron chi connectivity index (χ0n) is 12.3. The van der Waals surface area contributed by atoms with E-state index in [4.69, 9.17) is 21.5 Å². The van der Waals surface area contributed by atoms with Gasteiger partial charge in [-0.25, -0.2) is 5.21 Å². The van der Waals surface area contributed by atoms with Crippen molar-refractivity contribution in [3.63, 3.8) is 0 Å². The summed E-state index contributed by atoms with van der Waals surface area (Å²) in [5.74, 6) is 0.618. The predicted octanol–water partition coefficient (Wildman–Crippen LogP) is 2.67. The van der Waals surface area contributed by atoms with Crippen molar-refractivity contribution < 1.29 is 15.4 Å². The molecule has 1 aromatic carbocycles. The van der Waals surface area contributed by atoms with Gasteiger partial charge in [-0.1, -0.05) is 39.3 Å². The Labute approximate surface area is 121 Å². The van der Waals surface area contributed by atoms with Crippen LogP contribution in [0, 0.1) is 0 Å². The van der Waals surface area contributed by atoms with Gasteiger partial charge in [0.2, 0.25) is 5.69 Å². The molecular formula is C14H26ClN2O2+. The SMILES string of the molecule is CC.CCN(CC)CCOc1cc(Cl)ccc1[NH2+]O. The second kappa shape index (κ2) is 11.1. The van der Waals surface area contributed by atoms with Gasteiger partial charge in [0.25, 0.3) is 0 Å². The average molecular weight is 290 g/mol. The molecule has 5 heteroatoms. The van der Waals surface area contributed by atoms with E-state index in [1.807, 2.05) is 13.8 Å². The smallest absolute Gasteiger partial charge is 0.204 e. The molecule has 19 heavy (non-hydrogen) atoms. The van der Waals surface area contributed by atoms with Crippen molar-refractivity contribution in [1.82, 2.24) is 4.90 Å². The highest BCUT2D eigenvalue weighted by Gasteiger charge is 2.08. The molecule has 0 spiro atoms. The maximum absolute atomic E-state index is 9.05. The van der Waals surface area contributed by atoms with Crippen LogP contribution >= 0.6 is 11.6 Å². The molecular weight excluding hydrogens is 264 g/mol. The molecule has 0 aliphatic carbocycles. The summed E-state index contributed by atoms with van der Waals surface area (Å²) < 4.78 is 5.63. The molecule has 1 aromatic rings. The van der Waals surface area contributed by atoms with E-state index < -0.39 is 0 Å². The second-order valence-electron chi connectivity index (χ2n) is 3.69. The molecule has 0 atom stereocenters. The van der Waals surface area contributed by atoms with Crippen LogP contribution in [0.4, 0.5) is 5.69 Å². The molecule has 0 aliphatic heterocycles. The van der Waals surface area contributed by atoms with Gasteiger partial charge in [-0.3, -0.25) is 0 Å². The fourth-order valence-corrected chi connectivity index (χ4v) is 1.73. The molecule has 3 N–H and O–H groups in total. The van der Waals surface area contributed by atoms with E-state index in [2.05, 4.69) is 18.7 Å². The third-order valence-corrected chi connectivity index (χ3v) is 2.91. The van der Waals surface area contributed by atoms with Crippen molar-refractivity contribution in [1.29, 1.82) is 0 Å². The maximum Gasteiger partial charge on any atom is 0.204 e. The van der Waals surface area contributed by atoms with E-state index in [9.17, 15) is 0 Å². The van der Waals surface area contributed by atoms with Gasteiger partial charge in [0, 0.05) is 23.7 Å². The molecule has 0 heterocycles. The van der Waals surface area contributed by atoms with Gasteiger partial charge in [0.1, 0.15) is 6.61 Å². The third-order valence-electron chi connectivity index (χ3n) is 2.67. The number of rotatable bonds is 7. The first-order valence-electron chi connectivity index (χ1n) is 6.83. The number of hydrogen-bond acceptors (Lipinski definition) is 3. The van der Waals surface area contributed by atoms with Gasteiger partial charge < -0.3 is 9.64 Å². The van der Waals surface area contributed by atoms with Crippen LogP contribution in [0.2, 0.25) is 5.02 Å². The summed E-state index contributed by atoms with van der Waals surface area (Å²) in [4.78, 5) is 2.27. The molecule has 0 saturated heterocycles. The summed E-state index contributed by atoms with van der Waals surface area (Å²) in [5, 5.41) is 9.66. The van der Waals surface area contributed by atoms with Crippen LogP contribution in [0.1, 0.15) is 27.7 Å². The Morgan fingerprint density at radius 3 is 2.42 bits per heavy atom. The molecule has 0 radical (unpaired) electrons. The molecule has 0 aromatic heterocycles. The Balaban J connectivity index is 0.00000154. The number of benzene rings is 1. The molecule has 110 valence electrons. The molecule has 0 unspecified atom stereocenters. The molecule has 0 aliphatic rings. The molecule has 0 amide bonds. The highest BCUT2D eigenvalue weighted by Crippen LogP contribution is 2.24. The van der Waals surface area contributed by atoms with Gasteiger partial charge in [-0.2, -0.15) is 5.48 Å². The summed E-state index contributed by atoms with van der Waals surface area (Å²) in [6.45, 7) is 11.7. The Morgan fingerprint density at radius 1 is 1.26 bits per heavy atom. The van der Waals surface area contributed by atoms with Crippen molar-refractivity contribution in [3.8, 4) is 5.75 Å². The second-order valence-corrected chi connectivity index (χ2v) is 4.12. The van der Waals surface area contributed by atoms with Crippen LogP contribution in [-0.2, 0) is 0 Å². The molecule has 0 fully saturated rings. The van der Waals surface area contributed by atoms with Crippen LogP contribution in [0.5, 0.6) is 5.75 Å². The minimum absolute atomic E-state index is 0.586. The van der Waals surface area contributed by atoms with E-state index in [-0.39, 0.29) is 0 Å². The van der Waals surface area contributed by atoms with Crippen molar-refractivity contribution in [3.05, 3.63) is 23.2 Å². The highest BCUT2D eigenvalue weighted by molar-refractivity contribution is 6.30. The molecule has 0 bridgehead atoms. The quantitative estimate of drug-likeness (QED) is 0.599. The van der Waals surface area contributed by atoms with Crippen molar-refractivity contribution in [2.45, 2.75) is 27.7 Å². The summed E-state index contributed by atoms with van der Waals surface area (Å²) >= 11 is 5.88. The van der Waals surface area contributed by atoms with Gasteiger partial charge in [-0.15, -0.1) is 0 Å². The van der Waals surface area contributed by atoms with Crippen LogP contribution in [0.3, 0.4) is 0 Å². The Kier molecular flexibility index (Phi) is 10.6. The summed E-state index contributed by atoms with van der Waals surface area (Å²) in [6.07, 6.45) is 0. The van der Waals surface area contributed by atoms with E-state index in [0.717, 1.165) is 25.1 Å². The summed E-state index contributed by atoms with van der Waals surface area (Å²) in [5.41, 5.74) is 1.68. The lowest BCUT2D eigenvalue weighted by molar-refractivity contribution is -0.825. The lowest BCUT2D eigenvalue weighted by atomic mass is 10.3. The highest BCUT2D eigenvalue weighted by atomic mass is 35.5. The Hall–Kier alpha value is -0.810. The number of ether oxygens (including phenoxy) is 1. The normalized spacial score (nSPS) is 10.1. The van der Waals surface area contributed by atoms with Crippen molar-refractivity contribution in [2.24, 2.45) is 0 Å². The number of likely N-dealkylation sites (N-methyl/N-ethyl adjacent to an activating group) is 1. The number of hydrogen-bond donors (Lipinski definition) is 2. The first-order valence-corrected chi connectivity index (χ1v) is 7.21. The van der Waals surface area contributed by atoms with Crippen molar-refractivity contribution in [2.75, 3.05) is 26.2 Å². The van der Waals surface area contributed by atoms with Crippen LogP contribution < -0.4 is 10.2 Å². The maximum atomic E-state index is 9.05. The number of nitrogens with two attached hydrogens (primary N) is 1. The van der Waals surface area contributed by atoms with Gasteiger partial charge in [0.05, 0.1) is 0 Å². The minimum Gasteiger partial charge on any atom is -0.486 e. The minimum atomic E-state index is 0.586. The fraction of sp³-hybridized carbons (Fsp3) is 0.571. The number of nitrogens with zero attached hydrogens (tertiary/aromatic N) is 1. The van der Waals surface area contributed by atoms with Crippen LogP contribution in [0.25, 0.3) is 0 Å². The van der Waals surface area contributed by atoms with E-state index in [0.29, 0.717) is 23.1 Å². The van der Waals surface area contributed by atoms with Gasteiger partial charge in [-0.05, 0) is 19.2 Å². The van der Waals surface area contributed by atoms with Gasteiger partial charge in [0.15, 0.2) is 5.75 Å². The van der Waals surface area contributed by atoms with E-state index >= 15 is 0 Å². The number of quaternary nitrogens is 1. The standard InChI is InChI=1S/C12H19ClN2O2.C2H6/c1-3-15(4-2)7-8-17-12-9-10(13)5-6-11(12)14-16;1-2/h5-6,9,14,16H,3-4,7-8H2,1-2H3;1-2H3/p+1. The topological polar surface area (TPSA) is 49.3 Å². The van der Waals surface area contributed by atoms with Crippen LogP contribution in [0.15, 0.2) is 18.2 Å². The first-order chi connectivity index (χ1) is 9.21. The number of halogens is 1. The molecule has 4 nitrogen and oxygen atoms in total. The zero-order valence-corrected chi connectivity index (χ0v) is 13.1. The molecule has 0 saturated carbocycles. The average Bonchev–Trinajstić information content (AvgIpc) is 2.46. The summed E-state index contributed by atoms with van der Waals surface area (Å²) in [6, 6.07) is 5.17. The Bertz CT molecular complexity index is 344. The largest absolute Gasteiger partial charge is 0.486 e. The van der Waals surface area contributed by atoms with Gasteiger partial charge >= 0.3 is 0 Å². The third kappa shape index (κ3) is 6.78.